The molecule has 2 rings (SSSR count). The van der Waals surface area contributed by atoms with Gasteiger partial charge in [-0.05, 0) is 61.8 Å². The zero-order valence-electron chi connectivity index (χ0n) is 12.7. The topological polar surface area (TPSA) is 55.3 Å². The molecule has 118 valence electrons. The number of hydrogen-bond donors (Lipinski definition) is 2. The number of carbonyl (C=O) groups is 1. The van der Waals surface area contributed by atoms with Gasteiger partial charge in [0, 0.05) is 23.3 Å². The molecule has 2 heterocycles. The van der Waals surface area contributed by atoms with Gasteiger partial charge in [-0.3, -0.25) is 4.79 Å². The molecule has 5 nitrogen and oxygen atoms in total. The van der Waals surface area contributed by atoms with E-state index in [9.17, 15) is 4.79 Å². The molecule has 0 bridgehead atoms. The highest BCUT2D eigenvalue weighted by molar-refractivity contribution is 9.10. The van der Waals surface area contributed by atoms with E-state index in [2.05, 4.69) is 40.4 Å². The van der Waals surface area contributed by atoms with Crippen LogP contribution in [0.2, 0.25) is 0 Å². The Morgan fingerprint density at radius 2 is 2.24 bits per heavy atom. The monoisotopic (exact) mass is 357 g/mol. The Hall–Kier alpha value is -0.850. The number of rotatable bonds is 6. The minimum atomic E-state index is -0.0525. The summed E-state index contributed by atoms with van der Waals surface area (Å²) in [6, 6.07) is 2.10. The molecule has 1 saturated heterocycles. The van der Waals surface area contributed by atoms with Gasteiger partial charge in [0.25, 0.3) is 5.91 Å². The van der Waals surface area contributed by atoms with Gasteiger partial charge in [-0.25, -0.2) is 0 Å². The second-order valence-electron chi connectivity index (χ2n) is 5.62. The zero-order valence-corrected chi connectivity index (χ0v) is 14.3. The lowest BCUT2D eigenvalue weighted by Crippen LogP contribution is -2.35. The standard InChI is InChI=1S/C15H24BrN3O2/c1-11(2)19-10-12(16)9-14(19)15(20)18-7-8-21-13-3-5-17-6-4-13/h9-11,13,17H,3-8H2,1-2H3,(H,18,20). The van der Waals surface area contributed by atoms with Crippen molar-refractivity contribution >= 4 is 21.8 Å². The number of amides is 1. The maximum absolute atomic E-state index is 12.2. The second-order valence-corrected chi connectivity index (χ2v) is 6.54. The van der Waals surface area contributed by atoms with Crippen LogP contribution < -0.4 is 10.6 Å². The molecule has 0 saturated carbocycles. The summed E-state index contributed by atoms with van der Waals surface area (Å²) in [4.78, 5) is 12.2. The molecular formula is C15H24BrN3O2. The number of carbonyl (C=O) groups excluding carboxylic acids is 1. The molecule has 1 fully saturated rings. The van der Waals surface area contributed by atoms with Crippen molar-refractivity contribution < 1.29 is 9.53 Å². The lowest BCUT2D eigenvalue weighted by molar-refractivity contribution is 0.0342. The van der Waals surface area contributed by atoms with Crippen molar-refractivity contribution in [2.75, 3.05) is 26.2 Å². The van der Waals surface area contributed by atoms with E-state index in [1.807, 2.05) is 16.8 Å². The molecule has 0 atom stereocenters. The third-order valence-electron chi connectivity index (χ3n) is 3.63. The highest BCUT2D eigenvalue weighted by Crippen LogP contribution is 2.19. The van der Waals surface area contributed by atoms with E-state index in [1.165, 1.54) is 0 Å². The van der Waals surface area contributed by atoms with Gasteiger partial charge < -0.3 is 19.9 Å². The van der Waals surface area contributed by atoms with Gasteiger partial charge in [-0.2, -0.15) is 0 Å². The van der Waals surface area contributed by atoms with Gasteiger partial charge >= 0.3 is 0 Å². The van der Waals surface area contributed by atoms with Crippen LogP contribution >= 0.6 is 15.9 Å². The lowest BCUT2D eigenvalue weighted by atomic mass is 10.1. The SMILES string of the molecule is CC(C)n1cc(Br)cc1C(=O)NCCOC1CCNCC1. The van der Waals surface area contributed by atoms with E-state index in [0.717, 1.165) is 30.4 Å². The van der Waals surface area contributed by atoms with E-state index in [-0.39, 0.29) is 11.9 Å². The highest BCUT2D eigenvalue weighted by Gasteiger charge is 2.15. The summed E-state index contributed by atoms with van der Waals surface area (Å²) < 4.78 is 8.67. The van der Waals surface area contributed by atoms with E-state index in [4.69, 9.17) is 4.74 Å². The zero-order chi connectivity index (χ0) is 15.2. The summed E-state index contributed by atoms with van der Waals surface area (Å²) in [5.74, 6) is -0.0525. The second kappa shape index (κ2) is 7.96. The van der Waals surface area contributed by atoms with Gasteiger partial charge in [0.1, 0.15) is 5.69 Å². The normalized spacial score (nSPS) is 16.4. The Morgan fingerprint density at radius 3 is 2.90 bits per heavy atom. The van der Waals surface area contributed by atoms with Crippen molar-refractivity contribution in [2.45, 2.75) is 38.8 Å². The number of halogens is 1. The predicted molar refractivity (Wildman–Crippen MR) is 86.7 cm³/mol. The average Bonchev–Trinajstić information content (AvgIpc) is 2.87. The molecule has 0 unspecified atom stereocenters. The van der Waals surface area contributed by atoms with Crippen LogP contribution in [-0.2, 0) is 4.74 Å². The van der Waals surface area contributed by atoms with E-state index in [0.29, 0.717) is 24.9 Å². The summed E-state index contributed by atoms with van der Waals surface area (Å²) in [6.07, 6.45) is 4.37. The van der Waals surface area contributed by atoms with Crippen molar-refractivity contribution in [3.63, 3.8) is 0 Å². The van der Waals surface area contributed by atoms with Crippen molar-refractivity contribution in [3.8, 4) is 0 Å². The minimum absolute atomic E-state index is 0.0525. The first kappa shape index (κ1) is 16.5. The number of aromatic nitrogens is 1. The lowest BCUT2D eigenvalue weighted by Gasteiger charge is -2.23. The van der Waals surface area contributed by atoms with Crippen LogP contribution in [0, 0.1) is 0 Å². The van der Waals surface area contributed by atoms with Crippen LogP contribution in [-0.4, -0.2) is 42.8 Å². The fraction of sp³-hybridized carbons (Fsp3) is 0.667. The molecule has 1 aromatic rings. The fourth-order valence-electron chi connectivity index (χ4n) is 2.50. The van der Waals surface area contributed by atoms with Crippen LogP contribution in [0.5, 0.6) is 0 Å². The summed E-state index contributed by atoms with van der Waals surface area (Å²) in [7, 11) is 0. The number of ether oxygens (including phenoxy) is 1. The molecule has 0 aliphatic carbocycles. The molecule has 21 heavy (non-hydrogen) atoms. The molecular weight excluding hydrogens is 334 g/mol. The van der Waals surface area contributed by atoms with E-state index in [1.54, 1.807) is 0 Å². The first-order chi connectivity index (χ1) is 10.1. The Bertz CT molecular complexity index is 467. The van der Waals surface area contributed by atoms with Crippen molar-refractivity contribution in [3.05, 3.63) is 22.4 Å². The first-order valence-corrected chi connectivity index (χ1v) is 8.35. The Kier molecular flexibility index (Phi) is 6.26. The Morgan fingerprint density at radius 1 is 1.52 bits per heavy atom. The molecule has 0 aromatic carbocycles. The molecule has 1 aromatic heterocycles. The number of nitrogens with zero attached hydrogens (tertiary/aromatic N) is 1. The number of hydrogen-bond acceptors (Lipinski definition) is 3. The van der Waals surface area contributed by atoms with Crippen LogP contribution in [0.3, 0.4) is 0 Å². The number of nitrogens with one attached hydrogen (secondary N) is 2. The predicted octanol–water partition coefficient (Wildman–Crippen LogP) is 2.33. The van der Waals surface area contributed by atoms with Crippen molar-refractivity contribution in [1.29, 1.82) is 0 Å². The molecule has 0 spiro atoms. The quantitative estimate of drug-likeness (QED) is 0.768. The Balaban J connectivity index is 1.76. The third-order valence-corrected chi connectivity index (χ3v) is 4.07. The Labute approximate surface area is 134 Å². The third kappa shape index (κ3) is 4.83. The minimum Gasteiger partial charge on any atom is -0.376 e. The highest BCUT2D eigenvalue weighted by atomic mass is 79.9. The van der Waals surface area contributed by atoms with Gasteiger partial charge in [-0.1, -0.05) is 0 Å². The maximum Gasteiger partial charge on any atom is 0.268 e. The maximum atomic E-state index is 12.2. The molecule has 0 radical (unpaired) electrons. The fourth-order valence-corrected chi connectivity index (χ4v) is 2.94. The van der Waals surface area contributed by atoms with E-state index >= 15 is 0 Å². The number of piperidine rings is 1. The summed E-state index contributed by atoms with van der Waals surface area (Å²) in [5, 5.41) is 6.23. The first-order valence-electron chi connectivity index (χ1n) is 7.56. The van der Waals surface area contributed by atoms with Gasteiger partial charge in [0.15, 0.2) is 0 Å². The molecule has 1 aliphatic heterocycles. The van der Waals surface area contributed by atoms with Crippen LogP contribution in [0.15, 0.2) is 16.7 Å². The van der Waals surface area contributed by atoms with Crippen molar-refractivity contribution in [2.24, 2.45) is 0 Å². The van der Waals surface area contributed by atoms with E-state index < -0.39 is 0 Å². The van der Waals surface area contributed by atoms with Crippen LogP contribution in [0.1, 0.15) is 43.2 Å². The van der Waals surface area contributed by atoms with Crippen LogP contribution in [0.4, 0.5) is 0 Å². The van der Waals surface area contributed by atoms with Gasteiger partial charge in [0.05, 0.1) is 12.7 Å². The molecule has 1 aliphatic rings. The largest absolute Gasteiger partial charge is 0.376 e. The smallest absolute Gasteiger partial charge is 0.268 e. The molecule has 2 N–H and O–H groups in total. The average molecular weight is 358 g/mol. The van der Waals surface area contributed by atoms with Crippen LogP contribution in [0.25, 0.3) is 0 Å². The van der Waals surface area contributed by atoms with Crippen molar-refractivity contribution in [1.82, 2.24) is 15.2 Å². The summed E-state index contributed by atoms with van der Waals surface area (Å²) in [6.45, 7) is 7.27. The van der Waals surface area contributed by atoms with Gasteiger partial charge in [-0.15, -0.1) is 0 Å². The molecule has 1 amide bonds. The summed E-state index contributed by atoms with van der Waals surface area (Å²) >= 11 is 3.42. The van der Waals surface area contributed by atoms with Gasteiger partial charge in [0.2, 0.25) is 0 Å². The summed E-state index contributed by atoms with van der Waals surface area (Å²) in [5.41, 5.74) is 0.679. The molecule has 6 heteroatoms.